The Morgan fingerprint density at radius 1 is 1.50 bits per heavy atom. The van der Waals surface area contributed by atoms with Crippen LogP contribution in [0.3, 0.4) is 0 Å². The van der Waals surface area contributed by atoms with Crippen LogP contribution in [0.4, 0.5) is 13.2 Å². The van der Waals surface area contributed by atoms with E-state index in [2.05, 4.69) is 0 Å². The summed E-state index contributed by atoms with van der Waals surface area (Å²) in [7, 11) is -5.71. The highest BCUT2D eigenvalue weighted by molar-refractivity contribution is 7.87. The summed E-state index contributed by atoms with van der Waals surface area (Å²) in [6.07, 6.45) is 0. The lowest BCUT2D eigenvalue weighted by Gasteiger charge is -2.07. The summed E-state index contributed by atoms with van der Waals surface area (Å²) in [6.45, 7) is 2.04. The molecular formula is C3H3F3O3S. The standard InChI is InChI=1S/C3H3F3O3S/c1-2(4)3(5,6)10(7,8)9/h1H2,(H,7,8,9). The van der Waals surface area contributed by atoms with E-state index in [9.17, 15) is 21.6 Å². The number of rotatable bonds is 2. The second-order valence-electron chi connectivity index (χ2n) is 1.40. The summed E-state index contributed by atoms with van der Waals surface area (Å²) in [6, 6.07) is 0. The van der Waals surface area contributed by atoms with Crippen LogP contribution in [0, 0.1) is 0 Å². The molecule has 0 atom stereocenters. The summed E-state index contributed by atoms with van der Waals surface area (Å²) in [5.74, 6) is -2.41. The summed E-state index contributed by atoms with van der Waals surface area (Å²) in [5, 5.41) is -4.90. The zero-order valence-corrected chi connectivity index (χ0v) is 5.33. The highest BCUT2D eigenvalue weighted by Crippen LogP contribution is 2.28. The van der Waals surface area contributed by atoms with Crippen molar-refractivity contribution in [2.24, 2.45) is 0 Å². The van der Waals surface area contributed by atoms with Gasteiger partial charge in [-0.2, -0.15) is 17.2 Å². The fourth-order valence-corrected chi connectivity index (χ4v) is 0.420. The minimum absolute atomic E-state index is 2.04. The number of hydrogen-bond acceptors (Lipinski definition) is 2. The largest absolute Gasteiger partial charge is 0.419 e. The van der Waals surface area contributed by atoms with Gasteiger partial charge in [-0.15, -0.1) is 0 Å². The second kappa shape index (κ2) is 2.24. The van der Waals surface area contributed by atoms with E-state index in [1.165, 1.54) is 0 Å². The average molecular weight is 176 g/mol. The molecule has 0 unspecified atom stereocenters. The van der Waals surface area contributed by atoms with Crippen LogP contribution in [0.15, 0.2) is 12.4 Å². The third-order valence-electron chi connectivity index (χ3n) is 0.640. The summed E-state index contributed by atoms with van der Waals surface area (Å²) in [4.78, 5) is 0. The van der Waals surface area contributed by atoms with Gasteiger partial charge >= 0.3 is 15.4 Å². The maximum Gasteiger partial charge on any atom is 0.419 e. The molecule has 0 aromatic rings. The van der Waals surface area contributed by atoms with Gasteiger partial charge in [0.2, 0.25) is 0 Å². The van der Waals surface area contributed by atoms with Gasteiger partial charge in [-0.05, 0) is 0 Å². The number of halogens is 3. The van der Waals surface area contributed by atoms with Crippen molar-refractivity contribution in [3.05, 3.63) is 12.4 Å². The second-order valence-corrected chi connectivity index (χ2v) is 2.86. The van der Waals surface area contributed by atoms with Crippen LogP contribution >= 0.6 is 0 Å². The fraction of sp³-hybridized carbons (Fsp3) is 0.333. The maximum absolute atomic E-state index is 11.7. The molecule has 0 rings (SSSR count). The van der Waals surface area contributed by atoms with E-state index in [1.807, 2.05) is 6.58 Å². The van der Waals surface area contributed by atoms with Crippen molar-refractivity contribution in [2.75, 3.05) is 0 Å². The Kier molecular flexibility index (Phi) is 2.12. The normalized spacial score (nSPS) is 13.2. The monoisotopic (exact) mass is 176 g/mol. The summed E-state index contributed by atoms with van der Waals surface area (Å²) < 4.78 is 61.8. The molecule has 0 amide bonds. The van der Waals surface area contributed by atoms with Crippen LogP contribution in [-0.4, -0.2) is 18.2 Å². The van der Waals surface area contributed by atoms with E-state index in [-0.39, 0.29) is 0 Å². The highest BCUT2D eigenvalue weighted by atomic mass is 32.2. The fourth-order valence-electron chi connectivity index (χ4n) is 0.140. The van der Waals surface area contributed by atoms with Gasteiger partial charge in [-0.1, -0.05) is 6.58 Å². The number of hydrogen-bond donors (Lipinski definition) is 1. The van der Waals surface area contributed by atoms with Crippen molar-refractivity contribution in [2.45, 2.75) is 5.25 Å². The van der Waals surface area contributed by atoms with Crippen LogP contribution in [0.5, 0.6) is 0 Å². The Hall–Kier alpha value is -0.560. The van der Waals surface area contributed by atoms with Crippen LogP contribution in [0.2, 0.25) is 0 Å². The molecule has 0 aromatic carbocycles. The van der Waals surface area contributed by atoms with Crippen LogP contribution in [-0.2, 0) is 10.1 Å². The molecule has 1 N–H and O–H groups in total. The van der Waals surface area contributed by atoms with Crippen LogP contribution < -0.4 is 0 Å². The Bertz CT molecular complexity index is 242. The van der Waals surface area contributed by atoms with Crippen molar-refractivity contribution >= 4 is 10.1 Å². The van der Waals surface area contributed by atoms with Crippen molar-refractivity contribution in [3.63, 3.8) is 0 Å². The smallest absolute Gasteiger partial charge is 0.281 e. The SMILES string of the molecule is C=C(F)C(F)(F)S(=O)(=O)O. The third kappa shape index (κ3) is 1.48. The molecule has 0 radical (unpaired) electrons. The van der Waals surface area contributed by atoms with Gasteiger partial charge in [0.05, 0.1) is 0 Å². The molecule has 0 aliphatic rings. The molecule has 0 saturated carbocycles. The quantitative estimate of drug-likeness (QED) is 0.637. The first-order chi connectivity index (χ1) is 4.19. The molecule has 0 heterocycles. The lowest BCUT2D eigenvalue weighted by molar-refractivity contribution is 0.0953. The topological polar surface area (TPSA) is 54.4 Å². The van der Waals surface area contributed by atoms with Gasteiger partial charge in [0.15, 0.2) is 5.83 Å². The minimum Gasteiger partial charge on any atom is -0.281 e. The third-order valence-corrected chi connectivity index (χ3v) is 1.51. The van der Waals surface area contributed by atoms with E-state index in [0.29, 0.717) is 0 Å². The van der Waals surface area contributed by atoms with E-state index in [0.717, 1.165) is 0 Å². The van der Waals surface area contributed by atoms with Gasteiger partial charge in [0.25, 0.3) is 0 Å². The van der Waals surface area contributed by atoms with Crippen molar-refractivity contribution in [3.8, 4) is 0 Å². The first kappa shape index (κ1) is 9.44. The van der Waals surface area contributed by atoms with Gasteiger partial charge in [-0.25, -0.2) is 4.39 Å². The summed E-state index contributed by atoms with van der Waals surface area (Å²) >= 11 is 0. The molecule has 60 valence electrons. The van der Waals surface area contributed by atoms with Gasteiger partial charge in [-0.3, -0.25) is 4.55 Å². The molecule has 3 nitrogen and oxygen atoms in total. The minimum atomic E-state index is -5.71. The first-order valence-electron chi connectivity index (χ1n) is 1.89. The molecule has 7 heteroatoms. The van der Waals surface area contributed by atoms with Gasteiger partial charge < -0.3 is 0 Å². The zero-order chi connectivity index (χ0) is 8.58. The van der Waals surface area contributed by atoms with E-state index < -0.39 is 21.2 Å². The molecule has 0 spiro atoms. The van der Waals surface area contributed by atoms with E-state index in [1.54, 1.807) is 0 Å². The summed E-state index contributed by atoms with van der Waals surface area (Å²) in [5.41, 5.74) is 0. The molecule has 0 saturated heterocycles. The molecule has 10 heavy (non-hydrogen) atoms. The first-order valence-corrected chi connectivity index (χ1v) is 3.33. The molecular weight excluding hydrogens is 173 g/mol. The molecule has 0 fully saturated rings. The molecule has 0 aromatic heterocycles. The Balaban J connectivity index is 4.95. The van der Waals surface area contributed by atoms with Crippen LogP contribution in [0.25, 0.3) is 0 Å². The lowest BCUT2D eigenvalue weighted by atomic mass is 10.6. The molecule has 0 aliphatic heterocycles. The molecule has 0 bridgehead atoms. The Morgan fingerprint density at radius 3 is 1.80 bits per heavy atom. The van der Waals surface area contributed by atoms with Gasteiger partial charge in [0.1, 0.15) is 0 Å². The Labute approximate surface area is 54.9 Å². The predicted molar refractivity (Wildman–Crippen MR) is 26.7 cm³/mol. The van der Waals surface area contributed by atoms with Crippen molar-refractivity contribution in [1.82, 2.24) is 0 Å². The highest BCUT2D eigenvalue weighted by Gasteiger charge is 2.48. The Morgan fingerprint density at radius 2 is 1.80 bits per heavy atom. The lowest BCUT2D eigenvalue weighted by Crippen LogP contribution is -2.28. The molecule has 0 aliphatic carbocycles. The van der Waals surface area contributed by atoms with Crippen molar-refractivity contribution in [1.29, 1.82) is 0 Å². The van der Waals surface area contributed by atoms with E-state index in [4.69, 9.17) is 4.55 Å². The maximum atomic E-state index is 11.7. The van der Waals surface area contributed by atoms with E-state index >= 15 is 0 Å². The van der Waals surface area contributed by atoms with Gasteiger partial charge in [0, 0.05) is 0 Å². The predicted octanol–water partition coefficient (Wildman–Crippen LogP) is 0.950. The zero-order valence-electron chi connectivity index (χ0n) is 4.51. The average Bonchev–Trinajstić information content (AvgIpc) is 1.62. The van der Waals surface area contributed by atoms with Crippen LogP contribution in [0.1, 0.15) is 0 Å². The number of alkyl halides is 2. The van der Waals surface area contributed by atoms with Crippen molar-refractivity contribution < 1.29 is 26.1 Å².